The van der Waals surface area contributed by atoms with Crippen LogP contribution in [0.5, 0.6) is 5.75 Å². The molecule has 0 amide bonds. The highest BCUT2D eigenvalue weighted by atomic mass is 35.5. The summed E-state index contributed by atoms with van der Waals surface area (Å²) in [6, 6.07) is 14.6. The van der Waals surface area contributed by atoms with Crippen LogP contribution in [0.2, 0.25) is 5.02 Å². The lowest BCUT2D eigenvalue weighted by Crippen LogP contribution is -2.22. The molecule has 0 aliphatic carbocycles. The largest absolute Gasteiger partial charge is 0.497 e. The zero-order valence-electron chi connectivity index (χ0n) is 10.4. The molecule has 0 bridgehead atoms. The zero-order valence-corrected chi connectivity index (χ0v) is 11.1. The Hall–Kier alpha value is -1.51. The Morgan fingerprint density at radius 1 is 0.944 bits per heavy atom. The van der Waals surface area contributed by atoms with Crippen molar-refractivity contribution in [3.05, 3.63) is 64.7 Å². The van der Waals surface area contributed by atoms with Crippen LogP contribution in [-0.4, -0.2) is 12.2 Å². The summed E-state index contributed by atoms with van der Waals surface area (Å²) in [7, 11) is 1.62. The molecule has 2 aromatic rings. The van der Waals surface area contributed by atoms with Crippen molar-refractivity contribution in [1.82, 2.24) is 0 Å². The highest BCUT2D eigenvalue weighted by Crippen LogP contribution is 2.30. The highest BCUT2D eigenvalue weighted by Gasteiger charge is 2.25. The SMILES string of the molecule is COc1ccc(C(C)(O)c2ccc(Cl)cc2)cc1. The molecule has 0 aliphatic heterocycles. The first-order valence-corrected chi connectivity index (χ1v) is 6.05. The molecule has 2 rings (SSSR count). The molecule has 94 valence electrons. The maximum absolute atomic E-state index is 10.6. The number of rotatable bonds is 3. The van der Waals surface area contributed by atoms with Crippen LogP contribution < -0.4 is 4.74 Å². The molecule has 3 heteroatoms. The Kier molecular flexibility index (Phi) is 3.60. The van der Waals surface area contributed by atoms with E-state index in [1.54, 1.807) is 26.2 Å². The van der Waals surface area contributed by atoms with Crippen molar-refractivity contribution < 1.29 is 9.84 Å². The predicted octanol–water partition coefficient (Wildman–Crippen LogP) is 3.60. The molecule has 18 heavy (non-hydrogen) atoms. The molecule has 0 heterocycles. The second-order valence-electron chi connectivity index (χ2n) is 4.31. The average Bonchev–Trinajstić information content (AvgIpc) is 2.39. The Morgan fingerprint density at radius 2 is 1.39 bits per heavy atom. The third kappa shape index (κ3) is 2.50. The molecule has 0 radical (unpaired) electrons. The van der Waals surface area contributed by atoms with E-state index in [9.17, 15) is 5.11 Å². The van der Waals surface area contributed by atoms with Gasteiger partial charge in [0.25, 0.3) is 0 Å². The van der Waals surface area contributed by atoms with E-state index in [1.165, 1.54) is 0 Å². The van der Waals surface area contributed by atoms with Crippen LogP contribution in [0.1, 0.15) is 18.1 Å². The summed E-state index contributed by atoms with van der Waals surface area (Å²) in [6.07, 6.45) is 0. The predicted molar refractivity (Wildman–Crippen MR) is 73.1 cm³/mol. The van der Waals surface area contributed by atoms with E-state index < -0.39 is 5.60 Å². The fraction of sp³-hybridized carbons (Fsp3) is 0.200. The molecule has 1 N–H and O–H groups in total. The van der Waals surface area contributed by atoms with E-state index in [0.29, 0.717) is 5.02 Å². The van der Waals surface area contributed by atoms with Crippen LogP contribution in [0.3, 0.4) is 0 Å². The van der Waals surface area contributed by atoms with Crippen LogP contribution >= 0.6 is 11.6 Å². The van der Waals surface area contributed by atoms with Crippen molar-refractivity contribution in [3.8, 4) is 5.75 Å². The number of methoxy groups -OCH3 is 1. The van der Waals surface area contributed by atoms with Gasteiger partial charge in [-0.1, -0.05) is 35.9 Å². The molecule has 0 aromatic heterocycles. The van der Waals surface area contributed by atoms with Crippen molar-refractivity contribution in [2.75, 3.05) is 7.11 Å². The van der Waals surface area contributed by atoms with Crippen molar-refractivity contribution in [3.63, 3.8) is 0 Å². The quantitative estimate of drug-likeness (QED) is 0.916. The summed E-state index contributed by atoms with van der Waals surface area (Å²) in [6.45, 7) is 1.76. The van der Waals surface area contributed by atoms with Gasteiger partial charge in [0, 0.05) is 5.02 Å². The van der Waals surface area contributed by atoms with Crippen molar-refractivity contribution in [2.24, 2.45) is 0 Å². The van der Waals surface area contributed by atoms with Gasteiger partial charge in [0.1, 0.15) is 11.4 Å². The van der Waals surface area contributed by atoms with E-state index in [-0.39, 0.29) is 0 Å². The number of hydrogen-bond acceptors (Lipinski definition) is 2. The van der Waals surface area contributed by atoms with Crippen molar-refractivity contribution in [2.45, 2.75) is 12.5 Å². The minimum atomic E-state index is -1.04. The normalized spacial score (nSPS) is 14.0. The first kappa shape index (κ1) is 12.9. The standard InChI is InChI=1S/C15H15ClO2/c1-15(17,11-3-7-13(16)8-4-11)12-5-9-14(18-2)10-6-12/h3-10,17H,1-2H3. The van der Waals surface area contributed by atoms with E-state index in [1.807, 2.05) is 36.4 Å². The highest BCUT2D eigenvalue weighted by molar-refractivity contribution is 6.30. The lowest BCUT2D eigenvalue weighted by atomic mass is 9.88. The molecular weight excluding hydrogens is 248 g/mol. The van der Waals surface area contributed by atoms with E-state index in [2.05, 4.69) is 0 Å². The minimum absolute atomic E-state index is 0.657. The summed E-state index contributed by atoms with van der Waals surface area (Å²) in [5.41, 5.74) is 0.569. The monoisotopic (exact) mass is 262 g/mol. The number of hydrogen-bond donors (Lipinski definition) is 1. The van der Waals surface area contributed by atoms with Gasteiger partial charge < -0.3 is 9.84 Å². The summed E-state index contributed by atoms with van der Waals surface area (Å²) in [5.74, 6) is 0.769. The third-order valence-corrected chi connectivity index (χ3v) is 3.31. The molecular formula is C15H15ClO2. The van der Waals surface area contributed by atoms with Gasteiger partial charge >= 0.3 is 0 Å². The molecule has 0 aliphatic rings. The van der Waals surface area contributed by atoms with E-state index in [4.69, 9.17) is 16.3 Å². The molecule has 0 spiro atoms. The van der Waals surface area contributed by atoms with Gasteiger partial charge in [-0.2, -0.15) is 0 Å². The second kappa shape index (κ2) is 5.01. The van der Waals surface area contributed by atoms with Gasteiger partial charge in [-0.3, -0.25) is 0 Å². The summed E-state index contributed by atoms with van der Waals surface area (Å²) in [5, 5.41) is 11.3. The Bertz CT molecular complexity index is 515. The molecule has 2 nitrogen and oxygen atoms in total. The fourth-order valence-corrected chi connectivity index (χ4v) is 1.98. The van der Waals surface area contributed by atoms with Gasteiger partial charge in [-0.25, -0.2) is 0 Å². The number of benzene rings is 2. The maximum Gasteiger partial charge on any atom is 0.118 e. The van der Waals surface area contributed by atoms with Gasteiger partial charge in [0.15, 0.2) is 0 Å². The smallest absolute Gasteiger partial charge is 0.118 e. The summed E-state index contributed by atoms with van der Waals surface area (Å²) >= 11 is 5.85. The van der Waals surface area contributed by atoms with Crippen LogP contribution in [-0.2, 0) is 5.60 Å². The molecule has 0 fully saturated rings. The molecule has 0 saturated carbocycles. The fourth-order valence-electron chi connectivity index (χ4n) is 1.86. The van der Waals surface area contributed by atoms with Gasteiger partial charge in [-0.05, 0) is 42.3 Å². The van der Waals surface area contributed by atoms with Crippen molar-refractivity contribution in [1.29, 1.82) is 0 Å². The van der Waals surface area contributed by atoms with Crippen LogP contribution in [0.15, 0.2) is 48.5 Å². The minimum Gasteiger partial charge on any atom is -0.497 e. The Balaban J connectivity index is 2.37. The molecule has 1 atom stereocenters. The van der Waals surface area contributed by atoms with E-state index in [0.717, 1.165) is 16.9 Å². The van der Waals surface area contributed by atoms with Gasteiger partial charge in [0.05, 0.1) is 7.11 Å². The topological polar surface area (TPSA) is 29.5 Å². The Labute approximate surface area is 112 Å². The molecule has 1 unspecified atom stereocenters. The van der Waals surface area contributed by atoms with Crippen LogP contribution in [0, 0.1) is 0 Å². The van der Waals surface area contributed by atoms with Gasteiger partial charge in [-0.15, -0.1) is 0 Å². The number of aliphatic hydroxyl groups is 1. The van der Waals surface area contributed by atoms with Crippen LogP contribution in [0.4, 0.5) is 0 Å². The lowest BCUT2D eigenvalue weighted by molar-refractivity contribution is 0.102. The van der Waals surface area contributed by atoms with Crippen molar-refractivity contribution >= 4 is 11.6 Å². The first-order valence-electron chi connectivity index (χ1n) is 5.67. The van der Waals surface area contributed by atoms with Crippen LogP contribution in [0.25, 0.3) is 0 Å². The lowest BCUT2D eigenvalue weighted by Gasteiger charge is -2.24. The summed E-state index contributed by atoms with van der Waals surface area (Å²) < 4.78 is 5.10. The molecule has 0 saturated heterocycles. The molecule has 2 aromatic carbocycles. The Morgan fingerprint density at radius 3 is 1.83 bits per heavy atom. The summed E-state index contributed by atoms with van der Waals surface area (Å²) in [4.78, 5) is 0. The van der Waals surface area contributed by atoms with E-state index >= 15 is 0 Å². The van der Waals surface area contributed by atoms with Gasteiger partial charge in [0.2, 0.25) is 0 Å². The average molecular weight is 263 g/mol. The second-order valence-corrected chi connectivity index (χ2v) is 4.74. The number of halogens is 1. The first-order chi connectivity index (χ1) is 8.54. The number of ether oxygens (including phenoxy) is 1. The zero-order chi connectivity index (χ0) is 13.2. The maximum atomic E-state index is 10.6. The third-order valence-electron chi connectivity index (χ3n) is 3.06.